The highest BCUT2D eigenvalue weighted by molar-refractivity contribution is 7.89. The SMILES string of the molecule is Cc1c(C2CCCN(C(=N)N)C2)c(C(=O)O)c(S(N)(=O)=O)c(-c2ccccc2)c1C(CNS(=O)(=O)c1ccc2ccccc2c1)C(N)=O. The number of benzene rings is 4. The van der Waals surface area contributed by atoms with Gasteiger partial charge in [0.15, 0.2) is 5.96 Å². The van der Waals surface area contributed by atoms with Gasteiger partial charge in [-0.25, -0.2) is 31.5 Å². The summed E-state index contributed by atoms with van der Waals surface area (Å²) in [6.45, 7) is 1.51. The van der Waals surface area contributed by atoms with Crippen LogP contribution in [0, 0.1) is 12.3 Å². The Morgan fingerprint density at radius 1 is 1.00 bits per heavy atom. The van der Waals surface area contributed by atoms with E-state index in [2.05, 4.69) is 4.72 Å². The van der Waals surface area contributed by atoms with E-state index in [1.807, 2.05) is 12.1 Å². The number of nitrogens with one attached hydrogen (secondary N) is 2. The first kappa shape index (κ1) is 34.5. The van der Waals surface area contributed by atoms with Gasteiger partial charge in [0.05, 0.1) is 16.4 Å². The second-order valence-corrected chi connectivity index (χ2v) is 15.0. The maximum Gasteiger partial charge on any atom is 0.337 e. The third-order valence-electron chi connectivity index (χ3n) is 8.73. The summed E-state index contributed by atoms with van der Waals surface area (Å²) in [5.41, 5.74) is 11.6. The first-order valence-electron chi connectivity index (χ1n) is 15.0. The minimum atomic E-state index is -4.81. The number of rotatable bonds is 10. The van der Waals surface area contributed by atoms with Gasteiger partial charge in [-0.05, 0) is 64.9 Å². The summed E-state index contributed by atoms with van der Waals surface area (Å²) in [4.78, 5) is 27.1. The van der Waals surface area contributed by atoms with E-state index < -0.39 is 60.8 Å². The number of aromatic carboxylic acids is 1. The number of carboxylic acid groups (broad SMARTS) is 1. The van der Waals surface area contributed by atoms with Crippen LogP contribution in [0.1, 0.15) is 51.7 Å². The third kappa shape index (κ3) is 6.75. The summed E-state index contributed by atoms with van der Waals surface area (Å²) in [7, 11) is -9.03. The van der Waals surface area contributed by atoms with Crippen LogP contribution in [-0.4, -0.2) is 64.3 Å². The molecule has 0 aromatic heterocycles. The molecule has 0 aliphatic carbocycles. The van der Waals surface area contributed by atoms with E-state index in [0.29, 0.717) is 24.8 Å². The number of nitrogens with two attached hydrogens (primary N) is 3. The van der Waals surface area contributed by atoms with E-state index in [0.717, 1.165) is 5.39 Å². The van der Waals surface area contributed by atoms with Gasteiger partial charge in [-0.2, -0.15) is 0 Å². The molecule has 48 heavy (non-hydrogen) atoms. The van der Waals surface area contributed by atoms with E-state index in [9.17, 15) is 31.5 Å². The number of carbonyl (C=O) groups excluding carboxylic acids is 1. The zero-order valence-corrected chi connectivity index (χ0v) is 27.6. The normalized spacial score (nSPS) is 16.0. The van der Waals surface area contributed by atoms with Crippen LogP contribution in [0.2, 0.25) is 0 Å². The molecule has 2 unspecified atom stereocenters. The van der Waals surface area contributed by atoms with Crippen LogP contribution in [0.15, 0.2) is 82.6 Å². The van der Waals surface area contributed by atoms with Gasteiger partial charge < -0.3 is 21.5 Å². The van der Waals surface area contributed by atoms with Gasteiger partial charge in [0.1, 0.15) is 4.90 Å². The molecule has 1 amide bonds. The monoisotopic (exact) mass is 692 g/mol. The average Bonchev–Trinajstić information content (AvgIpc) is 3.04. The van der Waals surface area contributed by atoms with Crippen molar-refractivity contribution in [2.24, 2.45) is 16.6 Å². The molecule has 2 atom stereocenters. The number of primary amides is 1. The molecule has 0 saturated carbocycles. The largest absolute Gasteiger partial charge is 0.478 e. The Morgan fingerprint density at radius 3 is 2.25 bits per heavy atom. The van der Waals surface area contributed by atoms with Crippen LogP contribution < -0.4 is 21.3 Å². The number of primary sulfonamides is 1. The molecule has 13 nitrogen and oxygen atoms in total. The molecule has 9 N–H and O–H groups in total. The summed E-state index contributed by atoms with van der Waals surface area (Å²) in [5, 5.41) is 25.8. The van der Waals surface area contributed by atoms with Crippen molar-refractivity contribution in [3.05, 3.63) is 95.1 Å². The third-order valence-corrected chi connectivity index (χ3v) is 11.1. The number of sulfonamides is 2. The lowest BCUT2D eigenvalue weighted by molar-refractivity contribution is -0.119. The van der Waals surface area contributed by atoms with Crippen LogP contribution in [-0.2, 0) is 24.8 Å². The second-order valence-electron chi connectivity index (χ2n) is 11.7. The van der Waals surface area contributed by atoms with E-state index in [-0.39, 0.29) is 45.2 Å². The number of guanidine groups is 1. The fraction of sp³-hybridized carbons (Fsp3) is 0.242. The number of carboxylic acids is 1. The van der Waals surface area contributed by atoms with Crippen molar-refractivity contribution in [2.75, 3.05) is 19.6 Å². The molecule has 4 aromatic rings. The molecular weight excluding hydrogens is 657 g/mol. The van der Waals surface area contributed by atoms with Gasteiger partial charge >= 0.3 is 5.97 Å². The van der Waals surface area contributed by atoms with E-state index in [1.165, 1.54) is 24.3 Å². The molecule has 4 aromatic carbocycles. The molecule has 0 radical (unpaired) electrons. The van der Waals surface area contributed by atoms with Crippen LogP contribution >= 0.6 is 0 Å². The Kier molecular flexibility index (Phi) is 9.60. The minimum Gasteiger partial charge on any atom is -0.478 e. The molecule has 1 aliphatic rings. The van der Waals surface area contributed by atoms with Gasteiger partial charge in [-0.15, -0.1) is 0 Å². The highest BCUT2D eigenvalue weighted by Crippen LogP contribution is 2.45. The smallest absolute Gasteiger partial charge is 0.337 e. The van der Waals surface area contributed by atoms with Crippen molar-refractivity contribution in [3.8, 4) is 11.1 Å². The number of hydrogen-bond donors (Lipinski definition) is 6. The zero-order chi connectivity index (χ0) is 35.0. The average molecular weight is 693 g/mol. The summed E-state index contributed by atoms with van der Waals surface area (Å²) < 4.78 is 56.5. The summed E-state index contributed by atoms with van der Waals surface area (Å²) >= 11 is 0. The van der Waals surface area contributed by atoms with E-state index in [4.69, 9.17) is 22.0 Å². The Bertz CT molecular complexity index is 2160. The number of likely N-dealkylation sites (tertiary alicyclic amines) is 1. The molecular formula is C33H36N6O7S2. The number of amides is 1. The second kappa shape index (κ2) is 13.4. The summed E-state index contributed by atoms with van der Waals surface area (Å²) in [6.07, 6.45) is 0.920. The number of carbonyl (C=O) groups is 2. The van der Waals surface area contributed by atoms with Crippen LogP contribution in [0.3, 0.4) is 0 Å². The van der Waals surface area contributed by atoms with Crippen molar-refractivity contribution in [3.63, 3.8) is 0 Å². The van der Waals surface area contributed by atoms with Gasteiger partial charge in [-0.3, -0.25) is 10.2 Å². The molecule has 0 bridgehead atoms. The molecule has 1 saturated heterocycles. The fourth-order valence-electron chi connectivity index (χ4n) is 6.61. The lowest BCUT2D eigenvalue weighted by atomic mass is 9.77. The Hall–Kier alpha value is -4.83. The van der Waals surface area contributed by atoms with Crippen molar-refractivity contribution in [2.45, 2.75) is 41.4 Å². The molecule has 252 valence electrons. The maximum absolute atomic E-state index is 13.6. The highest BCUT2D eigenvalue weighted by Gasteiger charge is 2.39. The molecule has 1 heterocycles. The van der Waals surface area contributed by atoms with E-state index >= 15 is 0 Å². The van der Waals surface area contributed by atoms with Gasteiger partial charge in [0, 0.05) is 31.1 Å². The lowest BCUT2D eigenvalue weighted by Gasteiger charge is -2.36. The Balaban J connectivity index is 1.76. The van der Waals surface area contributed by atoms with Crippen LogP contribution in [0.25, 0.3) is 21.9 Å². The van der Waals surface area contributed by atoms with Crippen molar-refractivity contribution in [1.29, 1.82) is 5.41 Å². The van der Waals surface area contributed by atoms with Gasteiger partial charge in [0.2, 0.25) is 26.0 Å². The number of piperidine rings is 1. The summed E-state index contributed by atoms with van der Waals surface area (Å²) in [5.74, 6) is -4.89. The predicted octanol–water partition coefficient (Wildman–Crippen LogP) is 2.78. The predicted molar refractivity (Wildman–Crippen MR) is 181 cm³/mol. The first-order valence-corrected chi connectivity index (χ1v) is 18.0. The standard InChI is InChI=1S/C33H36N6O7S2/c1-19-26(23-12-7-15-39(18-23)33(35)36)29(32(41)42)30(47(37,43)44)28(21-9-3-2-4-10-21)27(19)25(31(34)40)17-38-48(45,46)24-14-13-20-8-5-6-11-22(20)16-24/h2-6,8-11,13-14,16,23,25,38H,7,12,15,17-18H2,1H3,(H2,34,40)(H3,35,36)(H,41,42)(H2,37,43,44). The number of hydrogen-bond acceptors (Lipinski definition) is 7. The minimum absolute atomic E-state index is 0.0267. The highest BCUT2D eigenvalue weighted by atomic mass is 32.2. The molecule has 0 spiro atoms. The van der Waals surface area contributed by atoms with Crippen molar-refractivity contribution >= 4 is 48.7 Å². The molecule has 5 rings (SSSR count). The fourth-order valence-corrected chi connectivity index (χ4v) is 8.69. The number of nitrogens with zero attached hydrogens (tertiary/aromatic N) is 1. The van der Waals surface area contributed by atoms with Gasteiger partial charge in [-0.1, -0.05) is 60.7 Å². The summed E-state index contributed by atoms with van der Waals surface area (Å²) in [6, 6.07) is 19.7. The van der Waals surface area contributed by atoms with Crippen molar-refractivity contribution in [1.82, 2.24) is 9.62 Å². The van der Waals surface area contributed by atoms with E-state index in [1.54, 1.807) is 48.2 Å². The molecule has 15 heteroatoms. The van der Waals surface area contributed by atoms with Gasteiger partial charge in [0.25, 0.3) is 0 Å². The quantitative estimate of drug-likeness (QED) is 0.106. The number of fused-ring (bicyclic) bond motifs is 1. The molecule has 1 fully saturated rings. The first-order chi connectivity index (χ1) is 22.6. The van der Waals surface area contributed by atoms with Crippen molar-refractivity contribution < 1.29 is 31.5 Å². The lowest BCUT2D eigenvalue weighted by Crippen LogP contribution is -2.43. The zero-order valence-electron chi connectivity index (χ0n) is 26.0. The van der Waals surface area contributed by atoms with Crippen LogP contribution in [0.5, 0.6) is 0 Å². The maximum atomic E-state index is 13.6. The Morgan fingerprint density at radius 2 is 1.65 bits per heavy atom. The Labute approximate surface area is 278 Å². The van der Waals surface area contributed by atoms with Crippen LogP contribution in [0.4, 0.5) is 0 Å². The molecule has 1 aliphatic heterocycles. The topological polar surface area (TPSA) is 240 Å².